The van der Waals surface area contributed by atoms with Gasteiger partial charge in [0.25, 0.3) is 5.91 Å². The molecular formula is C22H25N3O3S3. The third kappa shape index (κ3) is 5.23. The highest BCUT2D eigenvalue weighted by Gasteiger charge is 2.26. The van der Waals surface area contributed by atoms with Crippen molar-refractivity contribution in [1.29, 1.82) is 0 Å². The highest BCUT2D eigenvalue weighted by atomic mass is 32.2. The standard InChI is InChI=1S/C22H25N3O3S3/c1-16-24-20(15-29-16)21-9-8-18(30-21)10-11-23-22(26)17-6-5-7-19(14-17)31(27,28)25-12-3-2-4-13-25/h5-9,14-15H,2-4,10-13H2,1H3,(H,23,26). The van der Waals surface area contributed by atoms with E-state index in [1.165, 1.54) is 15.2 Å². The summed E-state index contributed by atoms with van der Waals surface area (Å²) in [4.78, 5) is 19.6. The topological polar surface area (TPSA) is 79.4 Å². The van der Waals surface area contributed by atoms with Crippen molar-refractivity contribution in [3.05, 3.63) is 57.2 Å². The van der Waals surface area contributed by atoms with E-state index in [1.54, 1.807) is 40.9 Å². The highest BCUT2D eigenvalue weighted by Crippen LogP contribution is 2.29. The predicted molar refractivity (Wildman–Crippen MR) is 125 cm³/mol. The minimum atomic E-state index is -3.55. The smallest absolute Gasteiger partial charge is 0.251 e. The van der Waals surface area contributed by atoms with Gasteiger partial charge in [0.05, 0.1) is 20.5 Å². The Labute approximate surface area is 191 Å². The Morgan fingerprint density at radius 1 is 1.16 bits per heavy atom. The van der Waals surface area contributed by atoms with E-state index < -0.39 is 10.0 Å². The summed E-state index contributed by atoms with van der Waals surface area (Å²) in [7, 11) is -3.55. The van der Waals surface area contributed by atoms with E-state index in [-0.39, 0.29) is 10.8 Å². The minimum absolute atomic E-state index is 0.184. The van der Waals surface area contributed by atoms with E-state index >= 15 is 0 Å². The molecule has 6 nitrogen and oxygen atoms in total. The number of piperidine rings is 1. The number of hydrogen-bond donors (Lipinski definition) is 1. The molecule has 3 heterocycles. The number of carbonyl (C=O) groups excluding carboxylic acids is 1. The predicted octanol–water partition coefficient (Wildman–Crippen LogP) is 4.33. The fourth-order valence-electron chi connectivity index (χ4n) is 3.58. The third-order valence-electron chi connectivity index (χ3n) is 5.24. The van der Waals surface area contributed by atoms with Crippen molar-refractivity contribution < 1.29 is 13.2 Å². The summed E-state index contributed by atoms with van der Waals surface area (Å²) < 4.78 is 27.3. The number of thiophene rings is 1. The molecule has 1 saturated heterocycles. The minimum Gasteiger partial charge on any atom is -0.352 e. The molecule has 9 heteroatoms. The first kappa shape index (κ1) is 22.1. The van der Waals surface area contributed by atoms with Crippen LogP contribution in [0.5, 0.6) is 0 Å². The lowest BCUT2D eigenvalue weighted by Crippen LogP contribution is -2.35. The second kappa shape index (κ2) is 9.60. The van der Waals surface area contributed by atoms with Gasteiger partial charge in [-0.3, -0.25) is 4.79 Å². The Hall–Kier alpha value is -2.07. The van der Waals surface area contributed by atoms with Crippen LogP contribution in [-0.2, 0) is 16.4 Å². The summed E-state index contributed by atoms with van der Waals surface area (Å²) in [5.41, 5.74) is 1.36. The van der Waals surface area contributed by atoms with Gasteiger partial charge in [0.1, 0.15) is 0 Å². The van der Waals surface area contributed by atoms with Gasteiger partial charge in [-0.15, -0.1) is 22.7 Å². The number of nitrogens with one attached hydrogen (secondary N) is 1. The van der Waals surface area contributed by atoms with Gasteiger partial charge >= 0.3 is 0 Å². The molecule has 1 aliphatic heterocycles. The molecule has 0 unspecified atom stereocenters. The van der Waals surface area contributed by atoms with Crippen molar-refractivity contribution in [3.8, 4) is 10.6 Å². The summed E-state index contributed by atoms with van der Waals surface area (Å²) in [6.45, 7) is 3.56. The molecule has 3 aromatic rings. The largest absolute Gasteiger partial charge is 0.352 e. The maximum atomic E-state index is 12.9. The van der Waals surface area contributed by atoms with Crippen LogP contribution < -0.4 is 5.32 Å². The molecule has 1 aromatic carbocycles. The van der Waals surface area contributed by atoms with Crippen LogP contribution in [0.15, 0.2) is 46.7 Å². The van der Waals surface area contributed by atoms with Crippen molar-refractivity contribution >= 4 is 38.6 Å². The number of thiazole rings is 1. The number of aryl methyl sites for hydroxylation is 1. The molecule has 0 bridgehead atoms. The van der Waals surface area contributed by atoms with Gasteiger partial charge in [-0.05, 0) is 56.5 Å². The fourth-order valence-corrected chi connectivity index (χ4v) is 6.80. The van der Waals surface area contributed by atoms with Gasteiger partial charge in [-0.2, -0.15) is 4.31 Å². The lowest BCUT2D eigenvalue weighted by Gasteiger charge is -2.26. The first-order valence-corrected chi connectivity index (χ1v) is 13.5. The molecule has 164 valence electrons. The van der Waals surface area contributed by atoms with Crippen molar-refractivity contribution in [3.63, 3.8) is 0 Å². The zero-order valence-corrected chi connectivity index (χ0v) is 19.8. The van der Waals surface area contributed by atoms with Gasteiger partial charge in [0, 0.05) is 35.5 Å². The van der Waals surface area contributed by atoms with E-state index in [2.05, 4.69) is 27.8 Å². The van der Waals surface area contributed by atoms with Crippen LogP contribution in [0, 0.1) is 6.92 Å². The van der Waals surface area contributed by atoms with Crippen LogP contribution in [-0.4, -0.2) is 43.2 Å². The Kier molecular flexibility index (Phi) is 6.86. The molecular weight excluding hydrogens is 450 g/mol. The van der Waals surface area contributed by atoms with E-state index in [0.717, 1.165) is 34.8 Å². The van der Waals surface area contributed by atoms with E-state index in [9.17, 15) is 13.2 Å². The average Bonchev–Trinajstić information content (AvgIpc) is 3.43. The summed E-state index contributed by atoms with van der Waals surface area (Å²) in [6, 6.07) is 10.4. The van der Waals surface area contributed by atoms with Gasteiger partial charge in [0.2, 0.25) is 10.0 Å². The van der Waals surface area contributed by atoms with Crippen LogP contribution in [0.25, 0.3) is 10.6 Å². The summed E-state index contributed by atoms with van der Waals surface area (Å²) >= 11 is 3.31. The molecule has 0 atom stereocenters. The number of hydrogen-bond acceptors (Lipinski definition) is 6. The lowest BCUT2D eigenvalue weighted by atomic mass is 10.2. The fraction of sp³-hybridized carbons (Fsp3) is 0.364. The molecule has 31 heavy (non-hydrogen) atoms. The van der Waals surface area contributed by atoms with Gasteiger partial charge in [0.15, 0.2) is 0 Å². The number of rotatable bonds is 7. The quantitative estimate of drug-likeness (QED) is 0.552. The molecule has 2 aromatic heterocycles. The van der Waals surface area contributed by atoms with E-state index in [1.807, 2.05) is 6.92 Å². The molecule has 0 spiro atoms. The van der Waals surface area contributed by atoms with Gasteiger partial charge < -0.3 is 5.32 Å². The van der Waals surface area contributed by atoms with Crippen LogP contribution in [0.2, 0.25) is 0 Å². The second-order valence-electron chi connectivity index (χ2n) is 7.52. The van der Waals surface area contributed by atoms with Crippen LogP contribution in [0.3, 0.4) is 0 Å². The normalized spacial score (nSPS) is 15.1. The number of carbonyl (C=O) groups is 1. The average molecular weight is 476 g/mol. The number of nitrogens with zero attached hydrogens (tertiary/aromatic N) is 2. The lowest BCUT2D eigenvalue weighted by molar-refractivity contribution is 0.0954. The zero-order valence-electron chi connectivity index (χ0n) is 17.3. The summed E-state index contributed by atoms with van der Waals surface area (Å²) in [6.07, 6.45) is 3.53. The Morgan fingerprint density at radius 2 is 1.97 bits per heavy atom. The SMILES string of the molecule is Cc1nc(-c2ccc(CCNC(=O)c3cccc(S(=O)(=O)N4CCCCC4)c3)s2)cs1. The van der Waals surface area contributed by atoms with Gasteiger partial charge in [-0.25, -0.2) is 13.4 Å². The van der Waals surface area contributed by atoms with Crippen molar-refractivity contribution in [2.75, 3.05) is 19.6 Å². The number of sulfonamides is 1. The molecule has 1 aliphatic rings. The van der Waals surface area contributed by atoms with Crippen LogP contribution in [0.4, 0.5) is 0 Å². The van der Waals surface area contributed by atoms with E-state index in [0.29, 0.717) is 31.6 Å². The molecule has 1 N–H and O–H groups in total. The van der Waals surface area contributed by atoms with Gasteiger partial charge in [-0.1, -0.05) is 12.5 Å². The first-order valence-electron chi connectivity index (χ1n) is 10.3. The molecule has 0 saturated carbocycles. The number of amides is 1. The zero-order chi connectivity index (χ0) is 21.8. The number of aromatic nitrogens is 1. The molecule has 1 fully saturated rings. The Bertz CT molecular complexity index is 1160. The summed E-state index contributed by atoms with van der Waals surface area (Å²) in [5, 5.41) is 6.00. The van der Waals surface area contributed by atoms with Crippen LogP contribution >= 0.6 is 22.7 Å². The molecule has 1 amide bonds. The maximum Gasteiger partial charge on any atom is 0.251 e. The summed E-state index contributed by atoms with van der Waals surface area (Å²) in [5.74, 6) is -0.261. The Balaban J connectivity index is 1.36. The number of benzene rings is 1. The Morgan fingerprint density at radius 3 is 2.71 bits per heavy atom. The van der Waals surface area contributed by atoms with Crippen LogP contribution in [0.1, 0.15) is 39.5 Å². The second-order valence-corrected chi connectivity index (χ2v) is 11.7. The van der Waals surface area contributed by atoms with Crippen molar-refractivity contribution in [2.24, 2.45) is 0 Å². The first-order chi connectivity index (χ1) is 14.9. The highest BCUT2D eigenvalue weighted by molar-refractivity contribution is 7.89. The maximum absolute atomic E-state index is 12.9. The molecule has 0 radical (unpaired) electrons. The van der Waals surface area contributed by atoms with E-state index in [4.69, 9.17) is 0 Å². The molecule has 0 aliphatic carbocycles. The monoisotopic (exact) mass is 475 g/mol. The molecule has 4 rings (SSSR count). The van der Waals surface area contributed by atoms with Crippen molar-refractivity contribution in [2.45, 2.75) is 37.5 Å². The van der Waals surface area contributed by atoms with Crippen molar-refractivity contribution in [1.82, 2.24) is 14.6 Å². The third-order valence-corrected chi connectivity index (χ3v) is 9.07.